The molecule has 102 valence electrons. The zero-order chi connectivity index (χ0) is 13.8. The standard InChI is InChI=1S/C10H10ClF2N5O/c11-7-5-16-17(6-7)4-3-14-9(19)8-1-2-15-18(8)10(12)13/h1-2,5-6,10H,3-4H2,(H,14,19). The molecule has 0 bridgehead atoms. The van der Waals surface area contributed by atoms with Gasteiger partial charge in [-0.15, -0.1) is 0 Å². The van der Waals surface area contributed by atoms with Crippen molar-refractivity contribution in [2.75, 3.05) is 6.54 Å². The minimum Gasteiger partial charge on any atom is -0.349 e. The average Bonchev–Trinajstić information content (AvgIpc) is 2.97. The topological polar surface area (TPSA) is 64.7 Å². The number of nitrogens with zero attached hydrogens (tertiary/aromatic N) is 4. The fourth-order valence-electron chi connectivity index (χ4n) is 1.48. The zero-order valence-electron chi connectivity index (χ0n) is 9.63. The number of rotatable bonds is 5. The molecule has 2 aromatic rings. The molecule has 1 N–H and O–H groups in total. The van der Waals surface area contributed by atoms with Gasteiger partial charge in [0.1, 0.15) is 5.69 Å². The summed E-state index contributed by atoms with van der Waals surface area (Å²) in [5.74, 6) is -0.615. The Labute approximate surface area is 112 Å². The van der Waals surface area contributed by atoms with Gasteiger partial charge >= 0.3 is 6.55 Å². The van der Waals surface area contributed by atoms with Gasteiger partial charge in [-0.05, 0) is 6.07 Å². The molecule has 0 saturated carbocycles. The van der Waals surface area contributed by atoms with Gasteiger partial charge in [0.05, 0.1) is 17.8 Å². The molecule has 2 heterocycles. The van der Waals surface area contributed by atoms with Crippen LogP contribution in [0.4, 0.5) is 8.78 Å². The van der Waals surface area contributed by atoms with Crippen molar-refractivity contribution in [1.82, 2.24) is 24.9 Å². The Kier molecular flexibility index (Phi) is 4.10. The Bertz CT molecular complexity index is 568. The summed E-state index contributed by atoms with van der Waals surface area (Å²) >= 11 is 5.67. The highest BCUT2D eigenvalue weighted by atomic mass is 35.5. The van der Waals surface area contributed by atoms with E-state index in [2.05, 4.69) is 15.5 Å². The predicted molar refractivity (Wildman–Crippen MR) is 63.1 cm³/mol. The van der Waals surface area contributed by atoms with Gasteiger partial charge in [0.25, 0.3) is 5.91 Å². The van der Waals surface area contributed by atoms with Gasteiger partial charge in [0, 0.05) is 18.9 Å². The summed E-state index contributed by atoms with van der Waals surface area (Å²) in [5.41, 5.74) is -0.187. The monoisotopic (exact) mass is 289 g/mol. The van der Waals surface area contributed by atoms with Gasteiger partial charge < -0.3 is 5.32 Å². The first kappa shape index (κ1) is 13.5. The van der Waals surface area contributed by atoms with E-state index in [0.717, 1.165) is 6.20 Å². The van der Waals surface area contributed by atoms with Gasteiger partial charge in [-0.2, -0.15) is 23.7 Å². The molecular formula is C10H10ClF2N5O. The summed E-state index contributed by atoms with van der Waals surface area (Å²) in [4.78, 5) is 11.7. The van der Waals surface area contributed by atoms with E-state index in [1.807, 2.05) is 0 Å². The van der Waals surface area contributed by atoms with Gasteiger partial charge in [0.2, 0.25) is 0 Å². The average molecular weight is 290 g/mol. The van der Waals surface area contributed by atoms with Crippen molar-refractivity contribution in [3.8, 4) is 0 Å². The Balaban J connectivity index is 1.89. The maximum Gasteiger partial charge on any atom is 0.333 e. The Morgan fingerprint density at radius 1 is 1.47 bits per heavy atom. The highest BCUT2D eigenvalue weighted by Crippen LogP contribution is 2.11. The zero-order valence-corrected chi connectivity index (χ0v) is 10.4. The van der Waals surface area contributed by atoms with E-state index >= 15 is 0 Å². The molecule has 0 aliphatic rings. The molecule has 0 atom stereocenters. The Hall–Kier alpha value is -1.96. The van der Waals surface area contributed by atoms with Crippen LogP contribution in [0, 0.1) is 0 Å². The van der Waals surface area contributed by atoms with Crippen molar-refractivity contribution in [1.29, 1.82) is 0 Å². The largest absolute Gasteiger partial charge is 0.349 e. The number of aromatic nitrogens is 4. The molecule has 0 spiro atoms. The van der Waals surface area contributed by atoms with Gasteiger partial charge in [-0.3, -0.25) is 9.48 Å². The summed E-state index contributed by atoms with van der Waals surface area (Å²) in [7, 11) is 0. The minimum absolute atomic E-state index is 0.187. The summed E-state index contributed by atoms with van der Waals surface area (Å²) in [6.45, 7) is -2.22. The van der Waals surface area contributed by atoms with E-state index in [1.165, 1.54) is 16.9 Å². The van der Waals surface area contributed by atoms with Gasteiger partial charge in [-0.1, -0.05) is 11.6 Å². The van der Waals surface area contributed by atoms with Crippen molar-refractivity contribution < 1.29 is 13.6 Å². The number of halogens is 3. The van der Waals surface area contributed by atoms with Crippen LogP contribution in [-0.2, 0) is 6.54 Å². The number of carbonyl (C=O) groups excluding carboxylic acids is 1. The molecule has 0 unspecified atom stereocenters. The number of carbonyl (C=O) groups is 1. The molecule has 0 aliphatic heterocycles. The molecule has 0 fully saturated rings. The van der Waals surface area contributed by atoms with Crippen LogP contribution in [0.2, 0.25) is 5.02 Å². The third kappa shape index (κ3) is 3.28. The van der Waals surface area contributed by atoms with E-state index in [9.17, 15) is 13.6 Å². The van der Waals surface area contributed by atoms with Gasteiger partial charge in [-0.25, -0.2) is 0 Å². The first-order valence-corrected chi connectivity index (χ1v) is 5.73. The van der Waals surface area contributed by atoms with Crippen LogP contribution in [-0.4, -0.2) is 32.0 Å². The molecule has 1 amide bonds. The second-order valence-electron chi connectivity index (χ2n) is 3.62. The maximum atomic E-state index is 12.5. The third-order valence-corrected chi connectivity index (χ3v) is 2.51. The molecule has 6 nitrogen and oxygen atoms in total. The fraction of sp³-hybridized carbons (Fsp3) is 0.300. The van der Waals surface area contributed by atoms with Crippen LogP contribution < -0.4 is 5.32 Å². The summed E-state index contributed by atoms with van der Waals surface area (Å²) in [6, 6.07) is 1.23. The Morgan fingerprint density at radius 3 is 2.89 bits per heavy atom. The quantitative estimate of drug-likeness (QED) is 0.908. The maximum absolute atomic E-state index is 12.5. The minimum atomic E-state index is -2.85. The number of hydrogen-bond acceptors (Lipinski definition) is 3. The lowest BCUT2D eigenvalue weighted by atomic mass is 10.4. The van der Waals surface area contributed by atoms with Crippen molar-refractivity contribution >= 4 is 17.5 Å². The summed E-state index contributed by atoms with van der Waals surface area (Å²) < 4.78 is 26.9. The number of amides is 1. The lowest BCUT2D eigenvalue weighted by Gasteiger charge is -2.07. The van der Waals surface area contributed by atoms with Crippen LogP contribution in [0.15, 0.2) is 24.7 Å². The predicted octanol–water partition coefficient (Wildman–Crippen LogP) is 1.56. The SMILES string of the molecule is O=C(NCCn1cc(Cl)cn1)c1ccnn1C(F)F. The second-order valence-corrected chi connectivity index (χ2v) is 4.05. The van der Waals surface area contributed by atoms with E-state index in [0.29, 0.717) is 16.2 Å². The van der Waals surface area contributed by atoms with E-state index in [-0.39, 0.29) is 12.2 Å². The number of hydrogen-bond donors (Lipinski definition) is 1. The molecule has 2 aromatic heterocycles. The summed E-state index contributed by atoms with van der Waals surface area (Å²) in [5, 5.41) is 10.3. The van der Waals surface area contributed by atoms with E-state index in [4.69, 9.17) is 11.6 Å². The van der Waals surface area contributed by atoms with Crippen LogP contribution in [0.1, 0.15) is 17.0 Å². The highest BCUT2D eigenvalue weighted by molar-refractivity contribution is 6.30. The van der Waals surface area contributed by atoms with Crippen molar-refractivity contribution in [3.63, 3.8) is 0 Å². The molecule has 0 aromatic carbocycles. The van der Waals surface area contributed by atoms with Crippen LogP contribution in [0.25, 0.3) is 0 Å². The van der Waals surface area contributed by atoms with E-state index in [1.54, 1.807) is 6.20 Å². The molecule has 2 rings (SSSR count). The lowest BCUT2D eigenvalue weighted by Crippen LogP contribution is -2.29. The first-order chi connectivity index (χ1) is 9.08. The molecule has 0 aliphatic carbocycles. The van der Waals surface area contributed by atoms with Crippen molar-refractivity contribution in [2.45, 2.75) is 13.1 Å². The van der Waals surface area contributed by atoms with Crippen molar-refractivity contribution in [2.24, 2.45) is 0 Å². The van der Waals surface area contributed by atoms with Gasteiger partial charge in [0.15, 0.2) is 0 Å². The number of nitrogens with one attached hydrogen (secondary N) is 1. The summed E-state index contributed by atoms with van der Waals surface area (Å²) in [6.07, 6.45) is 4.21. The van der Waals surface area contributed by atoms with Crippen LogP contribution in [0.5, 0.6) is 0 Å². The molecule has 9 heteroatoms. The third-order valence-electron chi connectivity index (χ3n) is 2.32. The smallest absolute Gasteiger partial charge is 0.333 e. The van der Waals surface area contributed by atoms with Crippen LogP contribution in [0.3, 0.4) is 0 Å². The van der Waals surface area contributed by atoms with Crippen LogP contribution >= 0.6 is 11.6 Å². The second kappa shape index (κ2) is 5.79. The highest BCUT2D eigenvalue weighted by Gasteiger charge is 2.17. The fourth-order valence-corrected chi connectivity index (χ4v) is 1.64. The molecule has 19 heavy (non-hydrogen) atoms. The van der Waals surface area contributed by atoms with Crippen molar-refractivity contribution in [3.05, 3.63) is 35.4 Å². The molecule has 0 saturated heterocycles. The molecule has 0 radical (unpaired) electrons. The normalized spacial score (nSPS) is 10.9. The lowest BCUT2D eigenvalue weighted by molar-refractivity contribution is 0.0509. The van der Waals surface area contributed by atoms with E-state index < -0.39 is 12.5 Å². The number of alkyl halides is 2. The Morgan fingerprint density at radius 2 is 2.26 bits per heavy atom. The first-order valence-electron chi connectivity index (χ1n) is 5.36. The molecular weight excluding hydrogens is 280 g/mol.